The number of fused-ring (bicyclic) bond motifs is 1. The summed E-state index contributed by atoms with van der Waals surface area (Å²) in [6, 6.07) is 19.2. The number of nitrogens with zero attached hydrogens (tertiary/aromatic N) is 3. The molecule has 2 aliphatic heterocycles. The summed E-state index contributed by atoms with van der Waals surface area (Å²) in [5, 5.41) is 6.61. The Kier molecular flexibility index (Phi) is 8.71. The number of para-hydroxylation sites is 1. The molecule has 0 radical (unpaired) electrons. The molecule has 6 nitrogen and oxygen atoms in total. The van der Waals surface area contributed by atoms with E-state index in [-0.39, 0.29) is 36.4 Å². The maximum atomic E-state index is 12.7. The quantitative estimate of drug-likeness (QED) is 0.341. The first-order valence-electron chi connectivity index (χ1n) is 10.9. The predicted molar refractivity (Wildman–Crippen MR) is 137 cm³/mol. The molecule has 1 unspecified atom stereocenters. The number of nitrogens with one attached hydrogen (secondary N) is 2. The Balaban J connectivity index is 0.00000272. The summed E-state index contributed by atoms with van der Waals surface area (Å²) in [7, 11) is 1.75. The summed E-state index contributed by atoms with van der Waals surface area (Å²) < 4.78 is 0. The number of hydrogen-bond donors (Lipinski definition) is 2. The minimum absolute atomic E-state index is 0. The van der Waals surface area contributed by atoms with E-state index in [9.17, 15) is 4.79 Å². The Morgan fingerprint density at radius 2 is 1.84 bits per heavy atom. The van der Waals surface area contributed by atoms with Crippen molar-refractivity contribution < 1.29 is 4.79 Å². The number of likely N-dealkylation sites (tertiary alicyclic amines) is 1. The first-order chi connectivity index (χ1) is 14.7. The smallest absolute Gasteiger partial charge is 0.246 e. The van der Waals surface area contributed by atoms with Crippen molar-refractivity contribution in [2.24, 2.45) is 4.99 Å². The SMILES string of the molecule is CN=C(NCC(=O)N1CCc2ccccc21)NCC1CCCN1Cc1ccccc1.I. The molecule has 1 saturated heterocycles. The number of rotatable bonds is 6. The zero-order chi connectivity index (χ0) is 20.8. The molecule has 2 aromatic rings. The third-order valence-corrected chi connectivity index (χ3v) is 6.05. The van der Waals surface area contributed by atoms with Gasteiger partial charge in [-0.05, 0) is 43.0 Å². The Morgan fingerprint density at radius 1 is 1.06 bits per heavy atom. The van der Waals surface area contributed by atoms with E-state index in [4.69, 9.17) is 0 Å². The number of halogens is 1. The van der Waals surface area contributed by atoms with Gasteiger partial charge < -0.3 is 15.5 Å². The maximum Gasteiger partial charge on any atom is 0.246 e. The summed E-state index contributed by atoms with van der Waals surface area (Å²) in [5.74, 6) is 0.761. The van der Waals surface area contributed by atoms with Crippen molar-refractivity contribution >= 4 is 41.5 Å². The van der Waals surface area contributed by atoms with Crippen molar-refractivity contribution in [3.05, 3.63) is 65.7 Å². The van der Waals surface area contributed by atoms with Gasteiger partial charge in [-0.1, -0.05) is 48.5 Å². The summed E-state index contributed by atoms with van der Waals surface area (Å²) in [5.41, 5.74) is 3.63. The van der Waals surface area contributed by atoms with Crippen LogP contribution in [0.2, 0.25) is 0 Å². The molecule has 166 valence electrons. The zero-order valence-electron chi connectivity index (χ0n) is 18.1. The van der Waals surface area contributed by atoms with E-state index in [0.29, 0.717) is 12.0 Å². The molecule has 0 aromatic heterocycles. The van der Waals surface area contributed by atoms with Gasteiger partial charge in [0.1, 0.15) is 0 Å². The lowest BCUT2D eigenvalue weighted by atomic mass is 10.2. The van der Waals surface area contributed by atoms with Crippen molar-refractivity contribution in [2.45, 2.75) is 31.8 Å². The number of carbonyl (C=O) groups is 1. The monoisotopic (exact) mass is 533 g/mol. The highest BCUT2D eigenvalue weighted by Crippen LogP contribution is 2.27. The van der Waals surface area contributed by atoms with Crippen LogP contribution in [-0.4, -0.2) is 56.0 Å². The van der Waals surface area contributed by atoms with Gasteiger partial charge in [0.25, 0.3) is 0 Å². The molecule has 2 aliphatic rings. The fourth-order valence-corrected chi connectivity index (χ4v) is 4.44. The van der Waals surface area contributed by atoms with Crippen LogP contribution in [0.1, 0.15) is 24.0 Å². The fraction of sp³-hybridized carbons (Fsp3) is 0.417. The normalized spacial score (nSPS) is 18.4. The second kappa shape index (κ2) is 11.5. The Morgan fingerprint density at radius 3 is 2.65 bits per heavy atom. The molecule has 2 heterocycles. The molecule has 7 heteroatoms. The third kappa shape index (κ3) is 5.98. The lowest BCUT2D eigenvalue weighted by molar-refractivity contribution is -0.117. The van der Waals surface area contributed by atoms with Crippen LogP contribution in [0.5, 0.6) is 0 Å². The number of anilines is 1. The van der Waals surface area contributed by atoms with Crippen molar-refractivity contribution in [1.29, 1.82) is 0 Å². The lowest BCUT2D eigenvalue weighted by Gasteiger charge is -2.25. The Bertz CT molecular complexity index is 889. The van der Waals surface area contributed by atoms with Crippen LogP contribution >= 0.6 is 24.0 Å². The fourth-order valence-electron chi connectivity index (χ4n) is 4.44. The van der Waals surface area contributed by atoms with Gasteiger partial charge in [0.2, 0.25) is 5.91 Å². The number of amides is 1. The van der Waals surface area contributed by atoms with Gasteiger partial charge in [0.15, 0.2) is 5.96 Å². The minimum Gasteiger partial charge on any atom is -0.355 e. The number of aliphatic imine (C=N–C) groups is 1. The molecule has 2 N–H and O–H groups in total. The summed E-state index contributed by atoms with van der Waals surface area (Å²) in [6.07, 6.45) is 3.33. The zero-order valence-corrected chi connectivity index (χ0v) is 20.4. The van der Waals surface area contributed by atoms with Crippen LogP contribution in [0, 0.1) is 0 Å². The summed E-state index contributed by atoms with van der Waals surface area (Å²) in [4.78, 5) is 21.4. The largest absolute Gasteiger partial charge is 0.355 e. The molecule has 1 fully saturated rings. The maximum absolute atomic E-state index is 12.7. The molecule has 4 rings (SSSR count). The van der Waals surface area contributed by atoms with E-state index in [1.165, 1.54) is 24.0 Å². The van der Waals surface area contributed by atoms with Gasteiger partial charge in [0, 0.05) is 38.4 Å². The molecule has 0 spiro atoms. The molecule has 1 atom stereocenters. The van der Waals surface area contributed by atoms with Crippen molar-refractivity contribution in [2.75, 3.05) is 38.1 Å². The van der Waals surface area contributed by atoms with Gasteiger partial charge in [-0.15, -0.1) is 24.0 Å². The highest BCUT2D eigenvalue weighted by atomic mass is 127. The standard InChI is InChI=1S/C24H31N5O.HI/c1-25-24(27-17-23(30)29-15-13-20-10-5-6-12-22(20)29)26-16-21-11-7-14-28(21)18-19-8-3-2-4-9-19;/h2-6,8-10,12,21H,7,11,13-18H2,1H3,(H2,25,26,27);1H. The van der Waals surface area contributed by atoms with Crippen molar-refractivity contribution in [1.82, 2.24) is 15.5 Å². The average molecular weight is 533 g/mol. The van der Waals surface area contributed by atoms with Gasteiger partial charge in [-0.2, -0.15) is 0 Å². The molecular weight excluding hydrogens is 501 g/mol. The first-order valence-corrected chi connectivity index (χ1v) is 10.9. The second-order valence-electron chi connectivity index (χ2n) is 7.98. The molecule has 1 amide bonds. The molecule has 0 bridgehead atoms. The van der Waals surface area contributed by atoms with Gasteiger partial charge >= 0.3 is 0 Å². The minimum atomic E-state index is 0. The predicted octanol–water partition coefficient (Wildman–Crippen LogP) is 3.02. The van der Waals surface area contributed by atoms with E-state index >= 15 is 0 Å². The van der Waals surface area contributed by atoms with Crippen LogP contribution < -0.4 is 15.5 Å². The van der Waals surface area contributed by atoms with Crippen LogP contribution in [0.25, 0.3) is 0 Å². The van der Waals surface area contributed by atoms with E-state index in [2.05, 4.69) is 56.9 Å². The van der Waals surface area contributed by atoms with Gasteiger partial charge in [-0.25, -0.2) is 0 Å². The molecular formula is C24H32IN5O. The van der Waals surface area contributed by atoms with Crippen molar-refractivity contribution in [3.8, 4) is 0 Å². The first kappa shape index (κ1) is 23.5. The molecule has 31 heavy (non-hydrogen) atoms. The number of hydrogen-bond acceptors (Lipinski definition) is 3. The van der Waals surface area contributed by atoms with E-state index in [1.807, 2.05) is 23.1 Å². The van der Waals surface area contributed by atoms with Gasteiger partial charge in [0.05, 0.1) is 6.54 Å². The van der Waals surface area contributed by atoms with Crippen LogP contribution in [0.3, 0.4) is 0 Å². The van der Waals surface area contributed by atoms with Crippen LogP contribution in [0.4, 0.5) is 5.69 Å². The highest BCUT2D eigenvalue weighted by molar-refractivity contribution is 14.0. The number of benzene rings is 2. The lowest BCUT2D eigenvalue weighted by Crippen LogP contribution is -2.47. The number of guanidine groups is 1. The van der Waals surface area contributed by atoms with Crippen molar-refractivity contribution in [3.63, 3.8) is 0 Å². The van der Waals surface area contributed by atoms with Crippen LogP contribution in [0.15, 0.2) is 59.6 Å². The Labute approximate surface area is 202 Å². The second-order valence-corrected chi connectivity index (χ2v) is 7.98. The summed E-state index contributed by atoms with van der Waals surface area (Å²) >= 11 is 0. The van der Waals surface area contributed by atoms with Gasteiger partial charge in [-0.3, -0.25) is 14.7 Å². The summed E-state index contributed by atoms with van der Waals surface area (Å²) in [6.45, 7) is 3.92. The molecule has 0 aliphatic carbocycles. The number of carbonyl (C=O) groups excluding carboxylic acids is 1. The topological polar surface area (TPSA) is 60.0 Å². The third-order valence-electron chi connectivity index (χ3n) is 6.05. The van der Waals surface area contributed by atoms with E-state index in [0.717, 1.165) is 38.3 Å². The van der Waals surface area contributed by atoms with E-state index < -0.39 is 0 Å². The van der Waals surface area contributed by atoms with E-state index in [1.54, 1.807) is 7.05 Å². The van der Waals surface area contributed by atoms with Crippen LogP contribution in [-0.2, 0) is 17.8 Å². The average Bonchev–Trinajstić information content (AvgIpc) is 3.41. The highest BCUT2D eigenvalue weighted by Gasteiger charge is 2.26. The molecule has 2 aromatic carbocycles. The Hall–Kier alpha value is -2.13. The molecule has 0 saturated carbocycles.